The Kier molecular flexibility index (Phi) is 2.94. The van der Waals surface area contributed by atoms with Gasteiger partial charge in [-0.1, -0.05) is 17.7 Å². The monoisotopic (exact) mass is 250 g/mol. The summed E-state index contributed by atoms with van der Waals surface area (Å²) in [6, 6.07) is 8.35. The molecule has 1 aromatic carbocycles. The van der Waals surface area contributed by atoms with E-state index in [-0.39, 0.29) is 17.1 Å². The van der Waals surface area contributed by atoms with Crippen LogP contribution >= 0.6 is 11.8 Å². The minimum atomic E-state index is -0.588. The molecule has 17 heavy (non-hydrogen) atoms. The van der Waals surface area contributed by atoms with Crippen LogP contribution in [0.4, 0.5) is 0 Å². The molecule has 2 fully saturated rings. The van der Waals surface area contributed by atoms with Gasteiger partial charge in [-0.25, -0.2) is 0 Å². The molecule has 0 amide bonds. The average Bonchev–Trinajstić information content (AvgIpc) is 2.75. The third kappa shape index (κ3) is 2.25. The fraction of sp³-hybridized carbons (Fsp3) is 0.462. The van der Waals surface area contributed by atoms with E-state index in [1.807, 2.05) is 0 Å². The number of hydrogen-bond acceptors (Lipinski definition) is 4. The highest BCUT2D eigenvalue weighted by molar-refractivity contribution is 8.00. The smallest absolute Gasteiger partial charge is 0.218 e. The van der Waals surface area contributed by atoms with Crippen molar-refractivity contribution in [3.63, 3.8) is 0 Å². The Bertz CT molecular complexity index is 429. The Morgan fingerprint density at radius 1 is 1.29 bits per heavy atom. The van der Waals surface area contributed by atoms with Gasteiger partial charge >= 0.3 is 0 Å². The number of carbonyl (C=O) groups is 1. The first kappa shape index (κ1) is 11.3. The number of aryl methyl sites for hydroxylation is 1. The summed E-state index contributed by atoms with van der Waals surface area (Å²) in [6.45, 7) is 2.61. The zero-order valence-electron chi connectivity index (χ0n) is 9.59. The molecule has 0 N–H and O–H groups in total. The van der Waals surface area contributed by atoms with Crippen molar-refractivity contribution >= 4 is 17.5 Å². The van der Waals surface area contributed by atoms with Gasteiger partial charge in [0, 0.05) is 16.6 Å². The third-order valence-corrected chi connectivity index (χ3v) is 4.42. The van der Waals surface area contributed by atoms with E-state index in [4.69, 9.17) is 9.47 Å². The normalized spacial score (nSPS) is 31.8. The van der Waals surface area contributed by atoms with E-state index in [1.54, 1.807) is 11.8 Å². The molecule has 2 aliphatic heterocycles. The highest BCUT2D eigenvalue weighted by Crippen LogP contribution is 2.36. The van der Waals surface area contributed by atoms with Crippen LogP contribution in [-0.2, 0) is 14.3 Å². The fourth-order valence-electron chi connectivity index (χ4n) is 2.12. The Balaban J connectivity index is 1.72. The Morgan fingerprint density at radius 2 is 2.06 bits per heavy atom. The zero-order valence-corrected chi connectivity index (χ0v) is 10.4. The molecule has 2 bridgehead atoms. The van der Waals surface area contributed by atoms with Crippen molar-refractivity contribution in [1.29, 1.82) is 0 Å². The molecular weight excluding hydrogens is 236 g/mol. The van der Waals surface area contributed by atoms with Gasteiger partial charge < -0.3 is 9.47 Å². The number of ketones is 1. The number of benzene rings is 1. The van der Waals surface area contributed by atoms with Crippen LogP contribution in [-0.4, -0.2) is 30.0 Å². The lowest BCUT2D eigenvalue weighted by Crippen LogP contribution is -2.37. The van der Waals surface area contributed by atoms with E-state index in [9.17, 15) is 4.79 Å². The first-order valence-corrected chi connectivity index (χ1v) is 6.63. The molecule has 3 nitrogen and oxygen atoms in total. The zero-order chi connectivity index (χ0) is 11.8. The number of hydrogen-bond donors (Lipinski definition) is 0. The average molecular weight is 250 g/mol. The number of ether oxygens (including phenoxy) is 2. The van der Waals surface area contributed by atoms with E-state index < -0.39 is 6.29 Å². The summed E-state index contributed by atoms with van der Waals surface area (Å²) >= 11 is 1.71. The summed E-state index contributed by atoms with van der Waals surface area (Å²) in [5.74, 6) is 0.0726. The van der Waals surface area contributed by atoms with Crippen LogP contribution in [0.2, 0.25) is 0 Å². The van der Waals surface area contributed by atoms with Crippen molar-refractivity contribution < 1.29 is 14.3 Å². The number of rotatable bonds is 2. The third-order valence-electron chi connectivity index (χ3n) is 3.10. The summed E-state index contributed by atoms with van der Waals surface area (Å²) in [4.78, 5) is 12.8. The van der Waals surface area contributed by atoms with E-state index in [1.165, 1.54) is 10.5 Å². The Hall–Kier alpha value is -0.840. The van der Waals surface area contributed by atoms with Gasteiger partial charge in [-0.15, -0.1) is 11.8 Å². The van der Waals surface area contributed by atoms with Crippen LogP contribution in [0.5, 0.6) is 0 Å². The summed E-state index contributed by atoms with van der Waals surface area (Å²) in [5.41, 5.74) is 1.24. The molecule has 0 aliphatic carbocycles. The first-order chi connectivity index (χ1) is 8.22. The molecule has 0 spiro atoms. The van der Waals surface area contributed by atoms with Crippen molar-refractivity contribution in [2.45, 2.75) is 35.9 Å². The minimum absolute atomic E-state index is 0.0593. The number of thioether (sulfide) groups is 1. The fourth-order valence-corrected chi connectivity index (χ4v) is 3.30. The Morgan fingerprint density at radius 3 is 2.82 bits per heavy atom. The highest BCUT2D eigenvalue weighted by atomic mass is 32.2. The van der Waals surface area contributed by atoms with Gasteiger partial charge in [-0.05, 0) is 19.1 Å². The standard InChI is InChI=1S/C13H14O3S/c1-8-2-4-9(5-3-8)17-12-6-10(14)13-15-7-11(12)16-13/h2-5,11-13H,6-7H2,1H3/t11?,12-,13-/m1/s1. The van der Waals surface area contributed by atoms with Crippen LogP contribution in [0.25, 0.3) is 0 Å². The highest BCUT2D eigenvalue weighted by Gasteiger charge is 2.43. The molecule has 1 unspecified atom stereocenters. The van der Waals surface area contributed by atoms with Crippen molar-refractivity contribution in [2.24, 2.45) is 0 Å². The maximum atomic E-state index is 11.6. The lowest BCUT2D eigenvalue weighted by Gasteiger charge is -2.25. The molecule has 2 saturated heterocycles. The van der Waals surface area contributed by atoms with Gasteiger partial charge in [0.2, 0.25) is 6.29 Å². The van der Waals surface area contributed by atoms with Gasteiger partial charge in [0.05, 0.1) is 12.7 Å². The summed E-state index contributed by atoms with van der Waals surface area (Å²) in [5, 5.41) is 0.184. The maximum Gasteiger partial charge on any atom is 0.218 e. The number of carbonyl (C=O) groups excluding carboxylic acids is 1. The van der Waals surface area contributed by atoms with E-state index in [0.717, 1.165) is 0 Å². The van der Waals surface area contributed by atoms with E-state index >= 15 is 0 Å². The molecule has 0 saturated carbocycles. The number of Topliss-reactive ketones (excluding diaryl/α,β-unsaturated/α-hetero) is 1. The Labute approximate surface area is 104 Å². The van der Waals surface area contributed by atoms with E-state index in [0.29, 0.717) is 13.0 Å². The summed E-state index contributed by atoms with van der Waals surface area (Å²) < 4.78 is 10.8. The summed E-state index contributed by atoms with van der Waals surface area (Å²) in [6.07, 6.45) is 0.0207. The molecule has 0 aromatic heterocycles. The lowest BCUT2D eigenvalue weighted by molar-refractivity contribution is -0.151. The van der Waals surface area contributed by atoms with Crippen LogP contribution in [0, 0.1) is 6.92 Å². The van der Waals surface area contributed by atoms with Crippen LogP contribution in [0.3, 0.4) is 0 Å². The second-order valence-corrected chi connectivity index (χ2v) is 5.79. The molecule has 4 heteroatoms. The molecule has 90 valence electrons. The van der Waals surface area contributed by atoms with Crippen LogP contribution in [0.15, 0.2) is 29.2 Å². The molecule has 2 heterocycles. The van der Waals surface area contributed by atoms with Gasteiger partial charge in [0.25, 0.3) is 0 Å². The molecule has 3 atom stereocenters. The summed E-state index contributed by atoms with van der Waals surface area (Å²) in [7, 11) is 0. The van der Waals surface area contributed by atoms with Gasteiger partial charge in [-0.3, -0.25) is 4.79 Å². The molecule has 2 aliphatic rings. The van der Waals surface area contributed by atoms with Crippen LogP contribution in [0.1, 0.15) is 12.0 Å². The van der Waals surface area contributed by atoms with Crippen molar-refractivity contribution in [1.82, 2.24) is 0 Å². The van der Waals surface area contributed by atoms with Gasteiger partial charge in [0.15, 0.2) is 5.78 Å². The first-order valence-electron chi connectivity index (χ1n) is 5.75. The topological polar surface area (TPSA) is 35.5 Å². The van der Waals surface area contributed by atoms with Crippen molar-refractivity contribution in [3.05, 3.63) is 29.8 Å². The minimum Gasteiger partial charge on any atom is -0.343 e. The molecule has 3 rings (SSSR count). The molecule has 0 radical (unpaired) electrons. The predicted octanol–water partition coefficient (Wildman–Crippen LogP) is 2.17. The molecule has 1 aromatic rings. The van der Waals surface area contributed by atoms with Gasteiger partial charge in [0.1, 0.15) is 0 Å². The molecular formula is C13H14O3S. The SMILES string of the molecule is Cc1ccc(S[C@@H]2CC(=O)[C@@H]3OCC2O3)cc1. The maximum absolute atomic E-state index is 11.6. The second-order valence-electron chi connectivity index (χ2n) is 4.48. The second kappa shape index (κ2) is 4.44. The largest absolute Gasteiger partial charge is 0.343 e. The van der Waals surface area contributed by atoms with Gasteiger partial charge in [-0.2, -0.15) is 0 Å². The quantitative estimate of drug-likeness (QED) is 0.806. The van der Waals surface area contributed by atoms with E-state index in [2.05, 4.69) is 31.2 Å². The van der Waals surface area contributed by atoms with Crippen LogP contribution < -0.4 is 0 Å². The van der Waals surface area contributed by atoms with Crippen molar-refractivity contribution in [3.8, 4) is 0 Å². The van der Waals surface area contributed by atoms with Crippen molar-refractivity contribution in [2.75, 3.05) is 6.61 Å². The lowest BCUT2D eigenvalue weighted by atomic mass is 10.1. The number of fused-ring (bicyclic) bond motifs is 2. The predicted molar refractivity (Wildman–Crippen MR) is 65.1 cm³/mol.